The molecule has 2 amide bonds. The minimum atomic E-state index is -4.66. The van der Waals surface area contributed by atoms with E-state index in [4.69, 9.17) is 21.3 Å². The molecular weight excluding hydrogens is 549 g/mol. The molecule has 1 fully saturated rings. The Balaban J connectivity index is 1.44. The third-order valence-electron chi connectivity index (χ3n) is 6.62. The number of anilines is 2. The fraction of sp³-hybridized carbons (Fsp3) is 0.407. The number of para-hydroxylation sites is 1. The van der Waals surface area contributed by atoms with Crippen molar-refractivity contribution >= 4 is 46.0 Å². The lowest BCUT2D eigenvalue weighted by Crippen LogP contribution is -2.49. The molecule has 1 atom stereocenters. The zero-order chi connectivity index (χ0) is 29.0. The fourth-order valence-corrected chi connectivity index (χ4v) is 4.61. The number of nitrogens with one attached hydrogen (secondary N) is 2. The van der Waals surface area contributed by atoms with Gasteiger partial charge in [0.05, 0.1) is 30.4 Å². The molecule has 214 valence electrons. The molecule has 1 aliphatic rings. The van der Waals surface area contributed by atoms with Gasteiger partial charge in [0.25, 0.3) is 0 Å². The highest BCUT2D eigenvalue weighted by Crippen LogP contribution is 2.36. The number of piperazine rings is 1. The molecule has 0 saturated carbocycles. The van der Waals surface area contributed by atoms with E-state index in [2.05, 4.69) is 20.5 Å². The average molecular weight is 579 g/mol. The largest absolute Gasteiger partial charge is 0.467 e. The Labute approximate surface area is 234 Å². The molecular formula is C27H30ClF3N6O3. The summed E-state index contributed by atoms with van der Waals surface area (Å²) in [5.74, 6) is 0.604. The van der Waals surface area contributed by atoms with Gasteiger partial charge in [-0.15, -0.1) is 0 Å². The van der Waals surface area contributed by atoms with Crippen molar-refractivity contribution in [2.75, 3.05) is 43.9 Å². The number of alkyl halides is 3. The zero-order valence-corrected chi connectivity index (χ0v) is 23.0. The van der Waals surface area contributed by atoms with E-state index in [0.717, 1.165) is 17.5 Å². The van der Waals surface area contributed by atoms with E-state index < -0.39 is 29.8 Å². The number of carbonyl (C=O) groups excluding carboxylic acids is 2. The molecule has 0 spiro atoms. The minimum absolute atomic E-state index is 0.0519. The average Bonchev–Trinajstić information content (AvgIpc) is 2.91. The third-order valence-corrected chi connectivity index (χ3v) is 6.85. The first-order valence-corrected chi connectivity index (χ1v) is 13.1. The van der Waals surface area contributed by atoms with Crippen LogP contribution in [0.4, 0.5) is 29.5 Å². The standard InChI is InChI=1S/C27H30ClF3N6O3/c1-16(2)23(25(38)40-3)35-24-18-6-4-5-7-20(18)32-22(34-24)15-36-10-12-37(13-11-36)26(39)33-21-9-8-17(28)14-19(21)27(29,30)31/h4-9,14,16,23H,10-13,15H2,1-3H3,(H,33,39)(H,32,34,35)/t23-/m0/s1. The Morgan fingerprint density at radius 2 is 1.77 bits per heavy atom. The van der Waals surface area contributed by atoms with Crippen molar-refractivity contribution < 1.29 is 27.5 Å². The summed E-state index contributed by atoms with van der Waals surface area (Å²) in [5, 5.41) is 6.28. The summed E-state index contributed by atoms with van der Waals surface area (Å²) in [6, 6.07) is 9.48. The Morgan fingerprint density at radius 3 is 2.42 bits per heavy atom. The van der Waals surface area contributed by atoms with Crippen molar-refractivity contribution in [3.63, 3.8) is 0 Å². The van der Waals surface area contributed by atoms with Crippen molar-refractivity contribution in [3.05, 3.63) is 58.9 Å². The number of amides is 2. The Hall–Kier alpha value is -3.64. The molecule has 2 aromatic carbocycles. The first kappa shape index (κ1) is 29.3. The quantitative estimate of drug-likeness (QED) is 0.369. The Morgan fingerprint density at radius 1 is 1.07 bits per heavy atom. The molecule has 2 heterocycles. The monoisotopic (exact) mass is 578 g/mol. The number of ether oxygens (including phenoxy) is 1. The summed E-state index contributed by atoms with van der Waals surface area (Å²) in [6.07, 6.45) is -4.66. The number of aromatic nitrogens is 2. The molecule has 9 nitrogen and oxygen atoms in total. The second kappa shape index (κ2) is 12.3. The second-order valence-corrected chi connectivity index (χ2v) is 10.2. The first-order valence-electron chi connectivity index (χ1n) is 12.7. The maximum Gasteiger partial charge on any atom is 0.418 e. The van der Waals surface area contributed by atoms with Crippen LogP contribution in [0.3, 0.4) is 0 Å². The molecule has 0 aliphatic carbocycles. The van der Waals surface area contributed by atoms with Gasteiger partial charge < -0.3 is 20.3 Å². The highest BCUT2D eigenvalue weighted by molar-refractivity contribution is 6.30. The van der Waals surface area contributed by atoms with Crippen molar-refractivity contribution in [2.24, 2.45) is 5.92 Å². The number of carbonyl (C=O) groups is 2. The van der Waals surface area contributed by atoms with E-state index in [9.17, 15) is 22.8 Å². The van der Waals surface area contributed by atoms with Crippen LogP contribution in [-0.2, 0) is 22.3 Å². The summed E-state index contributed by atoms with van der Waals surface area (Å²) >= 11 is 5.73. The first-order chi connectivity index (χ1) is 19.0. The number of esters is 1. The number of urea groups is 1. The van der Waals surface area contributed by atoms with Crippen LogP contribution in [0.5, 0.6) is 0 Å². The molecule has 13 heteroatoms. The van der Waals surface area contributed by atoms with Crippen LogP contribution in [0.2, 0.25) is 5.02 Å². The topological polar surface area (TPSA) is 99.7 Å². The summed E-state index contributed by atoms with van der Waals surface area (Å²) in [4.78, 5) is 38.0. The SMILES string of the molecule is COC(=O)[C@@H](Nc1nc(CN2CCN(C(=O)Nc3ccc(Cl)cc3C(F)(F)F)CC2)nc2ccccc12)C(C)C. The highest BCUT2D eigenvalue weighted by Gasteiger charge is 2.35. The van der Waals surface area contributed by atoms with Gasteiger partial charge in [0.1, 0.15) is 17.7 Å². The van der Waals surface area contributed by atoms with Crippen LogP contribution < -0.4 is 10.6 Å². The van der Waals surface area contributed by atoms with Crippen molar-refractivity contribution in [2.45, 2.75) is 32.6 Å². The van der Waals surface area contributed by atoms with Crippen molar-refractivity contribution in [3.8, 4) is 0 Å². The number of rotatable bonds is 7. The van der Waals surface area contributed by atoms with Crippen LogP contribution in [-0.4, -0.2) is 71.1 Å². The summed E-state index contributed by atoms with van der Waals surface area (Å²) in [6.45, 7) is 5.74. The number of nitrogens with zero attached hydrogens (tertiary/aromatic N) is 4. The number of hydrogen-bond donors (Lipinski definition) is 2. The number of fused-ring (bicyclic) bond motifs is 1. The van der Waals surface area contributed by atoms with E-state index in [1.165, 1.54) is 18.1 Å². The van der Waals surface area contributed by atoms with Gasteiger partial charge in [0.2, 0.25) is 0 Å². The molecule has 0 bridgehead atoms. The Kier molecular flexibility index (Phi) is 8.99. The second-order valence-electron chi connectivity index (χ2n) is 9.78. The van der Waals surface area contributed by atoms with Crippen LogP contribution >= 0.6 is 11.6 Å². The maximum absolute atomic E-state index is 13.4. The maximum atomic E-state index is 13.4. The van der Waals surface area contributed by atoms with Gasteiger partial charge in [-0.25, -0.2) is 19.6 Å². The molecule has 3 aromatic rings. The number of methoxy groups -OCH3 is 1. The molecule has 1 aromatic heterocycles. The van der Waals surface area contributed by atoms with Gasteiger partial charge in [-0.2, -0.15) is 13.2 Å². The highest BCUT2D eigenvalue weighted by atomic mass is 35.5. The summed E-state index contributed by atoms with van der Waals surface area (Å²) in [7, 11) is 1.34. The lowest BCUT2D eigenvalue weighted by Gasteiger charge is -2.34. The van der Waals surface area contributed by atoms with Gasteiger partial charge in [0.15, 0.2) is 0 Å². The van der Waals surface area contributed by atoms with E-state index in [1.54, 1.807) is 0 Å². The van der Waals surface area contributed by atoms with Crippen LogP contribution in [0.25, 0.3) is 10.9 Å². The van der Waals surface area contributed by atoms with E-state index in [1.807, 2.05) is 38.1 Å². The summed E-state index contributed by atoms with van der Waals surface area (Å²) < 4.78 is 45.2. The Bertz CT molecular complexity index is 1380. The number of hydrogen-bond acceptors (Lipinski definition) is 7. The van der Waals surface area contributed by atoms with Gasteiger partial charge >= 0.3 is 18.2 Å². The van der Waals surface area contributed by atoms with E-state index in [-0.39, 0.29) is 16.6 Å². The fourth-order valence-electron chi connectivity index (χ4n) is 4.44. The molecule has 1 aliphatic heterocycles. The lowest BCUT2D eigenvalue weighted by molar-refractivity contribution is -0.142. The molecule has 2 N–H and O–H groups in total. The van der Waals surface area contributed by atoms with Crippen LogP contribution in [0.15, 0.2) is 42.5 Å². The molecule has 4 rings (SSSR count). The number of halogens is 4. The third kappa shape index (κ3) is 6.92. The van der Waals surface area contributed by atoms with Gasteiger partial charge in [-0.05, 0) is 36.2 Å². The van der Waals surface area contributed by atoms with Crippen LogP contribution in [0.1, 0.15) is 25.2 Å². The zero-order valence-electron chi connectivity index (χ0n) is 22.3. The van der Waals surface area contributed by atoms with Gasteiger partial charge in [0, 0.05) is 36.6 Å². The predicted octanol–water partition coefficient (Wildman–Crippen LogP) is 5.26. The van der Waals surface area contributed by atoms with Crippen LogP contribution in [0, 0.1) is 5.92 Å². The summed E-state index contributed by atoms with van der Waals surface area (Å²) in [5.41, 5.74) is -0.638. The molecule has 1 saturated heterocycles. The van der Waals surface area contributed by atoms with Crippen molar-refractivity contribution in [1.29, 1.82) is 0 Å². The smallest absolute Gasteiger partial charge is 0.418 e. The molecule has 0 unspecified atom stereocenters. The van der Waals surface area contributed by atoms with E-state index in [0.29, 0.717) is 49.9 Å². The minimum Gasteiger partial charge on any atom is -0.467 e. The predicted molar refractivity (Wildman–Crippen MR) is 146 cm³/mol. The molecule has 0 radical (unpaired) electrons. The van der Waals surface area contributed by atoms with Gasteiger partial charge in [-0.1, -0.05) is 37.6 Å². The van der Waals surface area contributed by atoms with Crippen molar-refractivity contribution in [1.82, 2.24) is 19.8 Å². The lowest BCUT2D eigenvalue weighted by atomic mass is 10.0. The molecule has 40 heavy (non-hydrogen) atoms. The van der Waals surface area contributed by atoms with E-state index >= 15 is 0 Å². The number of benzene rings is 2. The van der Waals surface area contributed by atoms with Gasteiger partial charge in [-0.3, -0.25) is 4.90 Å². The normalized spacial score (nSPS) is 15.2.